The standard InChI is InChI=1S/C20H16Br2O4/c1-10(2)14-5-4-11(3)6-17(14)25-19(23)15-8-12-7-13(21)9-16(22)18(12)26-20(15)24/h4-10H,1-3H3. The van der Waals surface area contributed by atoms with Gasteiger partial charge >= 0.3 is 11.6 Å². The van der Waals surface area contributed by atoms with Crippen molar-refractivity contribution in [3.05, 3.63) is 72.5 Å². The number of esters is 1. The van der Waals surface area contributed by atoms with E-state index in [2.05, 4.69) is 31.9 Å². The number of halogens is 2. The van der Waals surface area contributed by atoms with Gasteiger partial charge in [-0.05, 0) is 64.2 Å². The molecule has 0 fully saturated rings. The van der Waals surface area contributed by atoms with Crippen LogP contribution in [0.25, 0.3) is 11.0 Å². The predicted octanol–water partition coefficient (Wildman–Crippen LogP) is 5.97. The minimum absolute atomic E-state index is 0.140. The van der Waals surface area contributed by atoms with Crippen molar-refractivity contribution in [2.24, 2.45) is 0 Å². The van der Waals surface area contributed by atoms with Crippen LogP contribution in [-0.2, 0) is 0 Å². The van der Waals surface area contributed by atoms with Gasteiger partial charge in [-0.2, -0.15) is 0 Å². The van der Waals surface area contributed by atoms with E-state index in [9.17, 15) is 9.59 Å². The Bertz CT molecular complexity index is 1070. The van der Waals surface area contributed by atoms with E-state index in [4.69, 9.17) is 9.15 Å². The van der Waals surface area contributed by atoms with Gasteiger partial charge in [0.2, 0.25) is 0 Å². The normalized spacial score (nSPS) is 11.2. The third-order valence-corrected chi connectivity index (χ3v) is 5.01. The van der Waals surface area contributed by atoms with E-state index in [-0.39, 0.29) is 11.5 Å². The second-order valence-electron chi connectivity index (χ2n) is 6.34. The van der Waals surface area contributed by atoms with Gasteiger partial charge in [-0.3, -0.25) is 0 Å². The van der Waals surface area contributed by atoms with Gasteiger partial charge < -0.3 is 9.15 Å². The molecule has 0 spiro atoms. The molecule has 4 nitrogen and oxygen atoms in total. The lowest BCUT2D eigenvalue weighted by atomic mass is 10.0. The zero-order valence-electron chi connectivity index (χ0n) is 14.4. The van der Waals surface area contributed by atoms with E-state index in [0.29, 0.717) is 21.2 Å². The molecule has 1 aromatic heterocycles. The third kappa shape index (κ3) is 3.76. The molecule has 26 heavy (non-hydrogen) atoms. The molecule has 0 unspecified atom stereocenters. The number of hydrogen-bond donors (Lipinski definition) is 0. The summed E-state index contributed by atoms with van der Waals surface area (Å²) in [6.07, 6.45) is 0. The summed E-state index contributed by atoms with van der Waals surface area (Å²) < 4.78 is 12.3. The number of benzene rings is 2. The van der Waals surface area contributed by atoms with Gasteiger partial charge in [-0.15, -0.1) is 0 Å². The minimum atomic E-state index is -0.732. The van der Waals surface area contributed by atoms with Crippen molar-refractivity contribution < 1.29 is 13.9 Å². The van der Waals surface area contributed by atoms with Crippen molar-refractivity contribution in [1.29, 1.82) is 0 Å². The van der Waals surface area contributed by atoms with Crippen molar-refractivity contribution >= 4 is 48.8 Å². The number of carbonyl (C=O) groups is 1. The Morgan fingerprint density at radius 3 is 2.54 bits per heavy atom. The average Bonchev–Trinajstić information content (AvgIpc) is 2.54. The van der Waals surface area contributed by atoms with Crippen LogP contribution in [0.2, 0.25) is 0 Å². The van der Waals surface area contributed by atoms with E-state index < -0.39 is 11.6 Å². The van der Waals surface area contributed by atoms with Crippen molar-refractivity contribution in [3.8, 4) is 5.75 Å². The number of aryl methyl sites for hydroxylation is 1. The topological polar surface area (TPSA) is 56.5 Å². The van der Waals surface area contributed by atoms with Gasteiger partial charge in [0.05, 0.1) is 4.47 Å². The molecule has 6 heteroatoms. The Labute approximate surface area is 167 Å². The maximum Gasteiger partial charge on any atom is 0.351 e. The molecule has 0 radical (unpaired) electrons. The Morgan fingerprint density at radius 2 is 1.85 bits per heavy atom. The Morgan fingerprint density at radius 1 is 1.12 bits per heavy atom. The molecule has 3 aromatic rings. The van der Waals surface area contributed by atoms with Gasteiger partial charge in [0.25, 0.3) is 0 Å². The number of hydrogen-bond acceptors (Lipinski definition) is 4. The van der Waals surface area contributed by atoms with Crippen molar-refractivity contribution in [2.45, 2.75) is 26.7 Å². The number of ether oxygens (including phenoxy) is 1. The zero-order chi connectivity index (χ0) is 19.0. The molecule has 0 amide bonds. The second-order valence-corrected chi connectivity index (χ2v) is 8.11. The van der Waals surface area contributed by atoms with Gasteiger partial charge in [0.1, 0.15) is 11.3 Å². The number of rotatable bonds is 3. The smallest absolute Gasteiger partial charge is 0.351 e. The summed E-state index contributed by atoms with van der Waals surface area (Å²) in [5.74, 6) is -0.0949. The van der Waals surface area contributed by atoms with Crippen molar-refractivity contribution in [2.75, 3.05) is 0 Å². The maximum atomic E-state index is 12.6. The second kappa shape index (κ2) is 7.37. The van der Waals surface area contributed by atoms with E-state index in [1.807, 2.05) is 32.9 Å². The fraction of sp³-hybridized carbons (Fsp3) is 0.200. The summed E-state index contributed by atoms with van der Waals surface area (Å²) in [4.78, 5) is 24.9. The molecule has 0 N–H and O–H groups in total. The molecular formula is C20H16Br2O4. The zero-order valence-corrected chi connectivity index (χ0v) is 17.6. The Balaban J connectivity index is 2.05. The molecule has 134 valence electrons. The summed E-state index contributed by atoms with van der Waals surface area (Å²) in [5.41, 5.74) is 1.38. The van der Waals surface area contributed by atoms with E-state index in [1.165, 1.54) is 6.07 Å². The average molecular weight is 480 g/mol. The SMILES string of the molecule is Cc1ccc(C(C)C)c(OC(=O)c2cc3cc(Br)cc(Br)c3oc2=O)c1. The van der Waals surface area contributed by atoms with E-state index >= 15 is 0 Å². The molecule has 3 rings (SSSR count). The Kier molecular flexibility index (Phi) is 5.34. The highest BCUT2D eigenvalue weighted by molar-refractivity contribution is 9.11. The third-order valence-electron chi connectivity index (χ3n) is 3.97. The lowest BCUT2D eigenvalue weighted by molar-refractivity contribution is 0.0728. The van der Waals surface area contributed by atoms with Crippen LogP contribution < -0.4 is 10.4 Å². The summed E-state index contributed by atoms with van der Waals surface area (Å²) in [6, 6.07) is 10.7. The molecule has 0 aliphatic carbocycles. The molecule has 0 saturated carbocycles. The van der Waals surface area contributed by atoms with Crippen LogP contribution >= 0.6 is 31.9 Å². The van der Waals surface area contributed by atoms with Crippen LogP contribution in [-0.4, -0.2) is 5.97 Å². The van der Waals surface area contributed by atoms with Gasteiger partial charge in [-0.25, -0.2) is 9.59 Å². The monoisotopic (exact) mass is 478 g/mol. The fourth-order valence-corrected chi connectivity index (χ4v) is 4.00. The maximum absolute atomic E-state index is 12.6. The molecule has 0 saturated heterocycles. The first kappa shape index (κ1) is 18.9. The van der Waals surface area contributed by atoms with Gasteiger partial charge in [0, 0.05) is 9.86 Å². The van der Waals surface area contributed by atoms with E-state index in [1.54, 1.807) is 18.2 Å². The predicted molar refractivity (Wildman–Crippen MR) is 108 cm³/mol. The lowest BCUT2D eigenvalue weighted by Crippen LogP contribution is -2.19. The Hall–Kier alpha value is -1.92. The van der Waals surface area contributed by atoms with E-state index in [0.717, 1.165) is 15.6 Å². The first-order valence-corrected chi connectivity index (χ1v) is 9.60. The largest absolute Gasteiger partial charge is 0.422 e. The lowest BCUT2D eigenvalue weighted by Gasteiger charge is -2.13. The van der Waals surface area contributed by atoms with Crippen LogP contribution in [0.5, 0.6) is 5.75 Å². The van der Waals surface area contributed by atoms with Crippen molar-refractivity contribution in [1.82, 2.24) is 0 Å². The van der Waals surface area contributed by atoms with Gasteiger partial charge in [0.15, 0.2) is 5.58 Å². The van der Waals surface area contributed by atoms with Crippen molar-refractivity contribution in [3.63, 3.8) is 0 Å². The molecule has 0 aliphatic rings. The van der Waals surface area contributed by atoms with Crippen LogP contribution in [0, 0.1) is 6.92 Å². The summed E-state index contributed by atoms with van der Waals surface area (Å²) in [6.45, 7) is 5.95. The molecule has 2 aromatic carbocycles. The molecule has 0 aliphatic heterocycles. The first-order valence-electron chi connectivity index (χ1n) is 8.02. The molecular weight excluding hydrogens is 464 g/mol. The van der Waals surface area contributed by atoms with Gasteiger partial charge in [-0.1, -0.05) is 41.9 Å². The highest BCUT2D eigenvalue weighted by Gasteiger charge is 2.19. The van der Waals surface area contributed by atoms with Crippen LogP contribution in [0.4, 0.5) is 0 Å². The highest BCUT2D eigenvalue weighted by atomic mass is 79.9. The summed E-state index contributed by atoms with van der Waals surface area (Å²) in [5, 5.41) is 0.617. The molecule has 0 bridgehead atoms. The molecule has 0 atom stereocenters. The quantitative estimate of drug-likeness (QED) is 0.264. The summed E-state index contributed by atoms with van der Waals surface area (Å²) in [7, 11) is 0. The van der Waals surface area contributed by atoms with Crippen LogP contribution in [0.1, 0.15) is 41.3 Å². The highest BCUT2D eigenvalue weighted by Crippen LogP contribution is 2.30. The fourth-order valence-electron chi connectivity index (χ4n) is 2.66. The van der Waals surface area contributed by atoms with Crippen LogP contribution in [0.3, 0.4) is 0 Å². The number of carbonyl (C=O) groups excluding carboxylic acids is 1. The summed E-state index contributed by atoms with van der Waals surface area (Å²) >= 11 is 6.74. The minimum Gasteiger partial charge on any atom is -0.422 e. The number of fused-ring (bicyclic) bond motifs is 1. The first-order chi connectivity index (χ1) is 12.3. The van der Waals surface area contributed by atoms with Crippen LogP contribution in [0.15, 0.2) is 54.6 Å². The molecule has 1 heterocycles.